The summed E-state index contributed by atoms with van der Waals surface area (Å²) >= 11 is 0. The van der Waals surface area contributed by atoms with E-state index in [0.29, 0.717) is 17.2 Å². The van der Waals surface area contributed by atoms with E-state index in [1.807, 2.05) is 56.3 Å². The van der Waals surface area contributed by atoms with Crippen molar-refractivity contribution in [3.05, 3.63) is 89.2 Å². The van der Waals surface area contributed by atoms with Crippen molar-refractivity contribution in [2.24, 2.45) is 0 Å². The minimum atomic E-state index is -0.373. The van der Waals surface area contributed by atoms with Gasteiger partial charge >= 0.3 is 0 Å². The number of nitrogens with zero attached hydrogens (tertiary/aromatic N) is 3. The number of fused-ring (bicyclic) bond motifs is 1. The van der Waals surface area contributed by atoms with Crippen molar-refractivity contribution in [1.82, 2.24) is 9.97 Å². The summed E-state index contributed by atoms with van der Waals surface area (Å²) in [7, 11) is 3.84. The molecule has 4 aromatic rings. The predicted molar refractivity (Wildman–Crippen MR) is 139 cm³/mol. The van der Waals surface area contributed by atoms with Crippen LogP contribution in [0.5, 0.6) is 0 Å². The van der Waals surface area contributed by atoms with Gasteiger partial charge in [0.15, 0.2) is 0 Å². The molecule has 1 heterocycles. The number of rotatable bonds is 6. The van der Waals surface area contributed by atoms with Crippen molar-refractivity contribution in [3.8, 4) is 0 Å². The van der Waals surface area contributed by atoms with Gasteiger partial charge in [0.1, 0.15) is 11.6 Å². The smallest absolute Gasteiger partial charge is 0.255 e. The fraction of sp³-hybridized carbons (Fsp3) is 0.192. The molecule has 0 unspecified atom stereocenters. The molecule has 2 N–H and O–H groups in total. The number of anilines is 3. The molecule has 0 spiro atoms. The quantitative estimate of drug-likeness (QED) is 0.355. The molecule has 1 aromatic heterocycles. The third kappa shape index (κ3) is 5.61. The lowest BCUT2D eigenvalue weighted by Gasteiger charge is -2.19. The highest BCUT2D eigenvalue weighted by Gasteiger charge is 2.13. The van der Waals surface area contributed by atoms with Gasteiger partial charge in [0.25, 0.3) is 5.91 Å². The first kappa shape index (κ1) is 24.9. The van der Waals surface area contributed by atoms with E-state index in [0.717, 1.165) is 27.8 Å². The van der Waals surface area contributed by atoms with Gasteiger partial charge in [-0.3, -0.25) is 4.79 Å². The highest BCUT2D eigenvalue weighted by Crippen LogP contribution is 2.28. The monoisotopic (exact) mass is 479 g/mol. The Balaban J connectivity index is 0.00000324. The summed E-state index contributed by atoms with van der Waals surface area (Å²) in [6, 6.07) is 19.2. The number of hydrogen-bond acceptors (Lipinski definition) is 5. The first-order chi connectivity index (χ1) is 15.8. The molecule has 3 aromatic carbocycles. The molecule has 34 heavy (non-hydrogen) atoms. The lowest BCUT2D eigenvalue weighted by Crippen LogP contribution is -2.15. The van der Waals surface area contributed by atoms with Crippen LogP contribution in [0.15, 0.2) is 66.7 Å². The maximum absolute atomic E-state index is 13.1. The Bertz CT molecular complexity index is 1290. The standard InChI is InChI=1S/C26H26FN5O.ClH/c1-16-5-14-22-23(15-16)30-26(32(3)4)31-24(22)28-17(2)18-8-12-21(13-9-18)29-25(33)19-6-10-20(27)11-7-19;/h5-15,17H,1-4H3,(H,29,33)(H,28,30,31);1H/t17-;/m1./s1. The van der Waals surface area contributed by atoms with E-state index in [9.17, 15) is 9.18 Å². The lowest BCUT2D eigenvalue weighted by molar-refractivity contribution is 0.102. The zero-order valence-corrected chi connectivity index (χ0v) is 20.3. The molecule has 1 atom stereocenters. The molecule has 176 valence electrons. The Morgan fingerprint density at radius 2 is 1.65 bits per heavy atom. The van der Waals surface area contributed by atoms with E-state index in [-0.39, 0.29) is 30.2 Å². The Morgan fingerprint density at radius 1 is 0.971 bits per heavy atom. The number of nitrogens with one attached hydrogen (secondary N) is 2. The molecule has 1 amide bonds. The maximum atomic E-state index is 13.1. The summed E-state index contributed by atoms with van der Waals surface area (Å²) in [5, 5.41) is 7.30. The van der Waals surface area contributed by atoms with Gasteiger partial charge in [-0.1, -0.05) is 18.2 Å². The summed E-state index contributed by atoms with van der Waals surface area (Å²) in [4.78, 5) is 23.6. The van der Waals surface area contributed by atoms with Crippen molar-refractivity contribution in [2.45, 2.75) is 19.9 Å². The molecule has 0 aliphatic rings. The summed E-state index contributed by atoms with van der Waals surface area (Å²) in [6.07, 6.45) is 0. The first-order valence-electron chi connectivity index (χ1n) is 10.7. The van der Waals surface area contributed by atoms with Crippen LogP contribution in [-0.2, 0) is 0 Å². The molecule has 4 rings (SSSR count). The number of carbonyl (C=O) groups excluding carboxylic acids is 1. The summed E-state index contributed by atoms with van der Waals surface area (Å²) in [5.74, 6) is 0.751. The summed E-state index contributed by atoms with van der Waals surface area (Å²) in [5.41, 5.74) is 4.14. The van der Waals surface area contributed by atoms with Crippen molar-refractivity contribution >= 4 is 46.7 Å². The van der Waals surface area contributed by atoms with Crippen LogP contribution < -0.4 is 15.5 Å². The normalized spacial score (nSPS) is 11.4. The molecule has 0 aliphatic carbocycles. The van der Waals surface area contributed by atoms with Gasteiger partial charge in [-0.15, -0.1) is 12.4 Å². The second-order valence-corrected chi connectivity index (χ2v) is 8.24. The average molecular weight is 480 g/mol. The molecule has 0 bridgehead atoms. The molecule has 8 heteroatoms. The van der Waals surface area contributed by atoms with Gasteiger partial charge in [0, 0.05) is 36.8 Å². The number of carbonyl (C=O) groups is 1. The van der Waals surface area contributed by atoms with Crippen molar-refractivity contribution in [2.75, 3.05) is 29.6 Å². The second kappa shape index (κ2) is 10.5. The highest BCUT2D eigenvalue weighted by molar-refractivity contribution is 6.04. The number of aromatic nitrogens is 2. The van der Waals surface area contributed by atoms with E-state index in [2.05, 4.69) is 34.7 Å². The lowest BCUT2D eigenvalue weighted by atomic mass is 10.1. The van der Waals surface area contributed by atoms with E-state index < -0.39 is 0 Å². The molecule has 0 fully saturated rings. The topological polar surface area (TPSA) is 70.2 Å². The average Bonchev–Trinajstić information content (AvgIpc) is 2.79. The fourth-order valence-electron chi connectivity index (χ4n) is 3.49. The van der Waals surface area contributed by atoms with Gasteiger partial charge in [-0.2, -0.15) is 4.98 Å². The summed E-state index contributed by atoms with van der Waals surface area (Å²) < 4.78 is 13.1. The van der Waals surface area contributed by atoms with Gasteiger partial charge in [-0.25, -0.2) is 9.37 Å². The van der Waals surface area contributed by atoms with Crippen molar-refractivity contribution in [3.63, 3.8) is 0 Å². The molecular weight excluding hydrogens is 453 g/mol. The van der Waals surface area contributed by atoms with E-state index in [1.54, 1.807) is 0 Å². The van der Waals surface area contributed by atoms with Crippen molar-refractivity contribution < 1.29 is 9.18 Å². The number of amides is 1. The Kier molecular flexibility index (Phi) is 7.68. The van der Waals surface area contributed by atoms with Crippen molar-refractivity contribution in [1.29, 1.82) is 0 Å². The van der Waals surface area contributed by atoms with Gasteiger partial charge in [0.2, 0.25) is 5.95 Å². The van der Waals surface area contributed by atoms with Gasteiger partial charge < -0.3 is 15.5 Å². The molecular formula is C26H27ClFN5O. The number of halogens is 2. The highest BCUT2D eigenvalue weighted by atomic mass is 35.5. The SMILES string of the molecule is Cc1ccc2c(N[C@H](C)c3ccc(NC(=O)c4ccc(F)cc4)cc3)nc(N(C)C)nc2c1.Cl. The first-order valence-corrected chi connectivity index (χ1v) is 10.7. The zero-order chi connectivity index (χ0) is 23.5. The van der Waals surface area contributed by atoms with E-state index in [1.165, 1.54) is 24.3 Å². The third-order valence-electron chi connectivity index (χ3n) is 5.37. The number of hydrogen-bond donors (Lipinski definition) is 2. The predicted octanol–water partition coefficient (Wildman–Crippen LogP) is 5.99. The van der Waals surface area contributed by atoms with Crippen LogP contribution in [-0.4, -0.2) is 30.0 Å². The van der Waals surface area contributed by atoms with Crippen LogP contribution in [0.1, 0.15) is 34.5 Å². The van der Waals surface area contributed by atoms with Crippen LogP contribution >= 0.6 is 12.4 Å². The minimum Gasteiger partial charge on any atom is -0.363 e. The zero-order valence-electron chi connectivity index (χ0n) is 19.5. The molecule has 0 saturated heterocycles. The number of aryl methyl sites for hydroxylation is 1. The largest absolute Gasteiger partial charge is 0.363 e. The minimum absolute atomic E-state index is 0. The Morgan fingerprint density at radius 3 is 2.29 bits per heavy atom. The Labute approximate surface area is 204 Å². The van der Waals surface area contributed by atoms with Crippen LogP contribution in [0.25, 0.3) is 10.9 Å². The van der Waals surface area contributed by atoms with Crippen LogP contribution in [0.3, 0.4) is 0 Å². The molecule has 0 aliphatic heterocycles. The second-order valence-electron chi connectivity index (χ2n) is 8.24. The molecule has 6 nitrogen and oxygen atoms in total. The fourth-order valence-corrected chi connectivity index (χ4v) is 3.49. The van der Waals surface area contributed by atoms with E-state index in [4.69, 9.17) is 4.98 Å². The molecule has 0 saturated carbocycles. The van der Waals surface area contributed by atoms with E-state index >= 15 is 0 Å². The van der Waals surface area contributed by atoms with Crippen LogP contribution in [0.4, 0.5) is 21.8 Å². The van der Waals surface area contributed by atoms with Gasteiger partial charge in [-0.05, 0) is 73.5 Å². The molecule has 0 radical (unpaired) electrons. The number of benzene rings is 3. The maximum Gasteiger partial charge on any atom is 0.255 e. The van der Waals surface area contributed by atoms with Crippen LogP contribution in [0, 0.1) is 12.7 Å². The Hall–Kier alpha value is -3.71. The summed E-state index contributed by atoms with van der Waals surface area (Å²) in [6.45, 7) is 4.10. The van der Waals surface area contributed by atoms with Gasteiger partial charge in [0.05, 0.1) is 5.52 Å². The third-order valence-corrected chi connectivity index (χ3v) is 5.37. The van der Waals surface area contributed by atoms with Crippen LogP contribution in [0.2, 0.25) is 0 Å².